The summed E-state index contributed by atoms with van der Waals surface area (Å²) in [6.07, 6.45) is 1.84. The van der Waals surface area contributed by atoms with E-state index in [2.05, 4.69) is 15.2 Å². The number of rotatable bonds is 6. The maximum Gasteiger partial charge on any atom is 0.241 e. The minimum atomic E-state index is -0.164. The van der Waals surface area contributed by atoms with Gasteiger partial charge in [-0.1, -0.05) is 6.07 Å². The van der Waals surface area contributed by atoms with Crippen molar-refractivity contribution in [3.05, 3.63) is 53.2 Å². The molecule has 6 nitrogen and oxygen atoms in total. The molecule has 1 amide bonds. The van der Waals surface area contributed by atoms with Crippen LogP contribution in [0.2, 0.25) is 0 Å². The molecule has 3 aromatic rings. The number of ether oxygens (including phenoxy) is 1. The highest BCUT2D eigenvalue weighted by atomic mass is 32.1. The Hall–Kier alpha value is -2.64. The molecule has 1 saturated heterocycles. The highest BCUT2D eigenvalue weighted by Gasteiger charge is 2.32. The van der Waals surface area contributed by atoms with Gasteiger partial charge in [-0.15, -0.1) is 11.3 Å². The summed E-state index contributed by atoms with van der Waals surface area (Å²) in [5.74, 6) is 2.25. The Morgan fingerprint density at radius 1 is 1.36 bits per heavy atom. The van der Waals surface area contributed by atoms with Crippen molar-refractivity contribution in [1.29, 1.82) is 0 Å². The van der Waals surface area contributed by atoms with E-state index in [1.807, 2.05) is 48.7 Å². The molecule has 0 radical (unpaired) electrons. The number of aromatic nitrogens is 1. The minimum absolute atomic E-state index is 0.0160. The van der Waals surface area contributed by atoms with E-state index in [4.69, 9.17) is 9.15 Å². The summed E-state index contributed by atoms with van der Waals surface area (Å²) in [5.41, 5.74) is 1.67. The van der Waals surface area contributed by atoms with Gasteiger partial charge >= 0.3 is 0 Å². The molecule has 3 heterocycles. The summed E-state index contributed by atoms with van der Waals surface area (Å²) in [6, 6.07) is 11.2. The molecule has 2 aromatic heterocycles. The molecular formula is C21H23N3O3S. The van der Waals surface area contributed by atoms with Crippen LogP contribution in [0.5, 0.6) is 5.75 Å². The highest BCUT2D eigenvalue weighted by Crippen LogP contribution is 2.28. The number of benzene rings is 1. The first kappa shape index (κ1) is 18.7. The monoisotopic (exact) mass is 397 g/mol. The van der Waals surface area contributed by atoms with E-state index in [9.17, 15) is 4.79 Å². The second-order valence-electron chi connectivity index (χ2n) is 6.85. The molecule has 1 atom stereocenters. The smallest absolute Gasteiger partial charge is 0.241 e. The number of thiophene rings is 1. The van der Waals surface area contributed by atoms with Crippen molar-refractivity contribution in [3.63, 3.8) is 0 Å². The van der Waals surface area contributed by atoms with Crippen LogP contribution in [-0.2, 0) is 11.3 Å². The zero-order valence-corrected chi connectivity index (χ0v) is 16.8. The third-order valence-electron chi connectivity index (χ3n) is 5.00. The normalized spacial score (nSPS) is 17.0. The van der Waals surface area contributed by atoms with Gasteiger partial charge in [0, 0.05) is 12.2 Å². The number of oxazole rings is 1. The van der Waals surface area contributed by atoms with Gasteiger partial charge in [0.1, 0.15) is 11.5 Å². The summed E-state index contributed by atoms with van der Waals surface area (Å²) in [7, 11) is 1.62. The Labute approximate surface area is 168 Å². The zero-order valence-electron chi connectivity index (χ0n) is 16.0. The first-order chi connectivity index (χ1) is 13.6. The van der Waals surface area contributed by atoms with Gasteiger partial charge in [0.2, 0.25) is 11.8 Å². The van der Waals surface area contributed by atoms with Crippen LogP contribution in [0, 0.1) is 6.92 Å². The third-order valence-corrected chi connectivity index (χ3v) is 5.86. The molecule has 1 unspecified atom stereocenters. The fourth-order valence-corrected chi connectivity index (χ4v) is 4.13. The molecule has 7 heteroatoms. The number of carbonyl (C=O) groups is 1. The number of likely N-dealkylation sites (tertiary alicyclic amines) is 1. The van der Waals surface area contributed by atoms with Crippen LogP contribution in [-0.4, -0.2) is 35.5 Å². The summed E-state index contributed by atoms with van der Waals surface area (Å²) in [5, 5.41) is 5.02. The summed E-state index contributed by atoms with van der Waals surface area (Å²) in [6.45, 7) is 3.42. The van der Waals surface area contributed by atoms with Gasteiger partial charge < -0.3 is 14.5 Å². The van der Waals surface area contributed by atoms with Crippen molar-refractivity contribution in [2.24, 2.45) is 0 Å². The number of hydrogen-bond donors (Lipinski definition) is 1. The lowest BCUT2D eigenvalue weighted by molar-refractivity contribution is -0.120. The summed E-state index contributed by atoms with van der Waals surface area (Å²) in [4.78, 5) is 20.7. The highest BCUT2D eigenvalue weighted by molar-refractivity contribution is 7.13. The lowest BCUT2D eigenvalue weighted by atomic mass is 10.2. The zero-order chi connectivity index (χ0) is 19.5. The van der Waals surface area contributed by atoms with Crippen LogP contribution in [0.15, 0.2) is 46.2 Å². The van der Waals surface area contributed by atoms with Crippen LogP contribution in [0.3, 0.4) is 0 Å². The van der Waals surface area contributed by atoms with Crippen molar-refractivity contribution in [2.75, 3.05) is 19.0 Å². The molecule has 1 aromatic carbocycles. The van der Waals surface area contributed by atoms with Gasteiger partial charge in [-0.2, -0.15) is 0 Å². The Kier molecular flexibility index (Phi) is 5.45. The number of anilines is 1. The Balaban J connectivity index is 1.44. The topological polar surface area (TPSA) is 67.6 Å². The van der Waals surface area contributed by atoms with Gasteiger partial charge in [0.25, 0.3) is 0 Å². The molecule has 146 valence electrons. The van der Waals surface area contributed by atoms with Gasteiger partial charge in [0.15, 0.2) is 0 Å². The number of aryl methyl sites for hydroxylation is 1. The molecule has 1 N–H and O–H groups in total. The van der Waals surface area contributed by atoms with Crippen LogP contribution >= 0.6 is 11.3 Å². The van der Waals surface area contributed by atoms with Crippen molar-refractivity contribution in [1.82, 2.24) is 9.88 Å². The molecule has 0 bridgehead atoms. The quantitative estimate of drug-likeness (QED) is 0.671. The Bertz CT molecular complexity index is 934. The van der Waals surface area contributed by atoms with Crippen LogP contribution in [0.25, 0.3) is 10.8 Å². The lowest BCUT2D eigenvalue weighted by Gasteiger charge is -2.23. The largest absolute Gasteiger partial charge is 0.497 e. The van der Waals surface area contributed by atoms with Gasteiger partial charge in [-0.25, -0.2) is 4.98 Å². The fourth-order valence-electron chi connectivity index (χ4n) is 3.48. The number of amides is 1. The minimum Gasteiger partial charge on any atom is -0.497 e. The maximum absolute atomic E-state index is 12.8. The van der Waals surface area contributed by atoms with Crippen LogP contribution in [0.4, 0.5) is 5.69 Å². The second kappa shape index (κ2) is 8.16. The molecule has 4 rings (SSSR count). The SMILES string of the molecule is COc1ccc(NC(=O)C2CCCN2Cc2nc(-c3cccs3)oc2C)cc1. The van der Waals surface area contributed by atoms with Crippen LogP contribution in [0.1, 0.15) is 24.3 Å². The fraction of sp³-hybridized carbons (Fsp3) is 0.333. The molecular weight excluding hydrogens is 374 g/mol. The molecule has 0 saturated carbocycles. The molecule has 28 heavy (non-hydrogen) atoms. The van der Waals surface area contributed by atoms with E-state index in [0.29, 0.717) is 12.4 Å². The first-order valence-corrected chi connectivity index (χ1v) is 10.2. The number of nitrogens with one attached hydrogen (secondary N) is 1. The maximum atomic E-state index is 12.8. The van der Waals surface area contributed by atoms with Gasteiger partial charge in [-0.3, -0.25) is 9.69 Å². The predicted molar refractivity (Wildman–Crippen MR) is 110 cm³/mol. The summed E-state index contributed by atoms with van der Waals surface area (Å²) >= 11 is 1.61. The molecule has 0 spiro atoms. The lowest BCUT2D eigenvalue weighted by Crippen LogP contribution is -2.39. The van der Waals surface area contributed by atoms with Gasteiger partial charge in [0.05, 0.1) is 23.7 Å². The second-order valence-corrected chi connectivity index (χ2v) is 7.79. The van der Waals surface area contributed by atoms with E-state index in [-0.39, 0.29) is 11.9 Å². The summed E-state index contributed by atoms with van der Waals surface area (Å²) < 4.78 is 11.0. The third kappa shape index (κ3) is 3.95. The van der Waals surface area contributed by atoms with E-state index >= 15 is 0 Å². The number of nitrogens with zero attached hydrogens (tertiary/aromatic N) is 2. The average molecular weight is 398 g/mol. The Morgan fingerprint density at radius 2 is 2.18 bits per heavy atom. The molecule has 1 aliphatic rings. The Morgan fingerprint density at radius 3 is 2.89 bits per heavy atom. The van der Waals surface area contributed by atoms with Crippen molar-refractivity contribution in [3.8, 4) is 16.5 Å². The first-order valence-electron chi connectivity index (χ1n) is 9.33. The van der Waals surface area contributed by atoms with Crippen molar-refractivity contribution < 1.29 is 13.9 Å². The van der Waals surface area contributed by atoms with E-state index < -0.39 is 0 Å². The molecule has 0 aliphatic carbocycles. The van der Waals surface area contributed by atoms with Crippen molar-refractivity contribution >= 4 is 22.9 Å². The van der Waals surface area contributed by atoms with E-state index in [1.165, 1.54) is 0 Å². The average Bonchev–Trinajstić information content (AvgIpc) is 3.44. The van der Waals surface area contributed by atoms with Crippen molar-refractivity contribution in [2.45, 2.75) is 32.4 Å². The predicted octanol–water partition coefficient (Wildman–Crippen LogP) is 4.32. The standard InChI is InChI=1S/C21H23N3O3S/c1-14-17(23-21(27-14)19-6-4-12-28-19)13-24-11-3-5-18(24)20(25)22-15-7-9-16(26-2)10-8-15/h4,6-10,12,18H,3,5,11,13H2,1-2H3,(H,22,25). The van der Waals surface area contributed by atoms with E-state index in [1.54, 1.807) is 18.4 Å². The molecule has 1 aliphatic heterocycles. The number of methoxy groups -OCH3 is 1. The number of carbonyl (C=O) groups excluding carboxylic acids is 1. The van der Waals surface area contributed by atoms with Crippen LogP contribution < -0.4 is 10.1 Å². The number of hydrogen-bond acceptors (Lipinski definition) is 6. The van der Waals surface area contributed by atoms with E-state index in [0.717, 1.165) is 47.2 Å². The molecule has 1 fully saturated rings. The van der Waals surface area contributed by atoms with Gasteiger partial charge in [-0.05, 0) is 62.0 Å².